The Morgan fingerprint density at radius 1 is 1.23 bits per heavy atom. The first-order valence-electron chi connectivity index (χ1n) is 9.02. The zero-order chi connectivity index (χ0) is 21.4. The van der Waals surface area contributed by atoms with Gasteiger partial charge in [0, 0.05) is 23.3 Å². The maximum Gasteiger partial charge on any atom is 0.329 e. The quantitative estimate of drug-likeness (QED) is 0.317. The molecule has 2 aromatic carbocycles. The van der Waals surface area contributed by atoms with Crippen LogP contribution in [0.4, 0.5) is 5.69 Å². The van der Waals surface area contributed by atoms with Crippen molar-refractivity contribution in [2.24, 2.45) is 0 Å². The largest absolute Gasteiger partial charge is 0.467 e. The standard InChI is InChI=1S/C20H16N2O8/c1-11(21-18(23)15-4-2-3-5-16(15)19(21)24)20(25)29-9-13-7-14(22(26)27)6-12-8-28-10-30-17(12)13/h2-7,11H,8-10H2,1H3. The van der Waals surface area contributed by atoms with Crippen LogP contribution in [0.25, 0.3) is 0 Å². The van der Waals surface area contributed by atoms with Gasteiger partial charge in [0.05, 0.1) is 22.7 Å². The molecule has 10 heteroatoms. The number of amides is 2. The maximum atomic E-state index is 12.6. The number of esters is 1. The number of benzene rings is 2. The highest BCUT2D eigenvalue weighted by Gasteiger charge is 2.41. The average molecular weight is 412 g/mol. The second-order valence-corrected chi connectivity index (χ2v) is 6.77. The predicted octanol–water partition coefficient (Wildman–Crippen LogP) is 2.19. The Hall–Kier alpha value is -3.79. The summed E-state index contributed by atoms with van der Waals surface area (Å²) in [6.07, 6.45) is 0. The van der Waals surface area contributed by atoms with Crippen molar-refractivity contribution in [2.45, 2.75) is 26.2 Å². The third kappa shape index (κ3) is 3.26. The molecule has 2 amide bonds. The fraction of sp³-hybridized carbons (Fsp3) is 0.250. The lowest BCUT2D eigenvalue weighted by Gasteiger charge is -2.22. The summed E-state index contributed by atoms with van der Waals surface area (Å²) in [5.74, 6) is -1.62. The van der Waals surface area contributed by atoms with Crippen molar-refractivity contribution in [2.75, 3.05) is 6.79 Å². The van der Waals surface area contributed by atoms with Gasteiger partial charge in [-0.1, -0.05) is 12.1 Å². The zero-order valence-electron chi connectivity index (χ0n) is 15.8. The van der Waals surface area contributed by atoms with Crippen LogP contribution in [0.2, 0.25) is 0 Å². The third-order valence-corrected chi connectivity index (χ3v) is 4.91. The van der Waals surface area contributed by atoms with Crippen LogP contribution < -0.4 is 4.74 Å². The first kappa shape index (κ1) is 19.5. The number of nitrogens with zero attached hydrogens (tertiary/aromatic N) is 2. The summed E-state index contributed by atoms with van der Waals surface area (Å²) in [4.78, 5) is 49.1. The van der Waals surface area contributed by atoms with Gasteiger partial charge in [0.15, 0.2) is 6.79 Å². The molecular formula is C20H16N2O8. The van der Waals surface area contributed by atoms with Crippen LogP contribution in [0, 0.1) is 10.1 Å². The number of nitro groups is 1. The van der Waals surface area contributed by atoms with E-state index >= 15 is 0 Å². The third-order valence-electron chi connectivity index (χ3n) is 4.91. The lowest BCUT2D eigenvalue weighted by atomic mass is 10.1. The molecule has 0 aliphatic carbocycles. The number of fused-ring (bicyclic) bond motifs is 2. The molecule has 30 heavy (non-hydrogen) atoms. The molecule has 10 nitrogen and oxygen atoms in total. The molecule has 4 rings (SSSR count). The predicted molar refractivity (Wildman–Crippen MR) is 99.6 cm³/mol. The summed E-state index contributed by atoms with van der Waals surface area (Å²) < 4.78 is 15.8. The average Bonchev–Trinajstić information content (AvgIpc) is 3.01. The highest BCUT2D eigenvalue weighted by atomic mass is 16.7. The molecule has 0 saturated heterocycles. The van der Waals surface area contributed by atoms with Crippen LogP contribution >= 0.6 is 0 Å². The summed E-state index contributed by atoms with van der Waals surface area (Å²) in [5, 5.41) is 11.2. The van der Waals surface area contributed by atoms with E-state index < -0.39 is 28.7 Å². The Labute approximate surface area is 170 Å². The van der Waals surface area contributed by atoms with E-state index in [1.165, 1.54) is 31.2 Å². The van der Waals surface area contributed by atoms with Crippen molar-refractivity contribution in [3.05, 3.63) is 68.8 Å². The Kier molecular flexibility index (Phi) is 4.92. The summed E-state index contributed by atoms with van der Waals surface area (Å²) in [5.41, 5.74) is 1.02. The SMILES string of the molecule is CC(C(=O)OCc1cc([N+](=O)[O-])cc2c1OCOC2)N1C(=O)c2ccccc2C1=O. The monoisotopic (exact) mass is 412 g/mol. The van der Waals surface area contributed by atoms with E-state index in [-0.39, 0.29) is 36.8 Å². The van der Waals surface area contributed by atoms with Crippen LogP contribution in [0.3, 0.4) is 0 Å². The molecule has 0 fully saturated rings. The van der Waals surface area contributed by atoms with E-state index in [9.17, 15) is 24.5 Å². The number of imide groups is 1. The summed E-state index contributed by atoms with van der Waals surface area (Å²) in [6.45, 7) is 1.16. The number of hydrogen-bond acceptors (Lipinski definition) is 8. The van der Waals surface area contributed by atoms with Crippen LogP contribution in [0.5, 0.6) is 5.75 Å². The zero-order valence-corrected chi connectivity index (χ0v) is 15.8. The van der Waals surface area contributed by atoms with Gasteiger partial charge in [-0.15, -0.1) is 0 Å². The molecule has 2 aliphatic rings. The molecule has 0 aromatic heterocycles. The van der Waals surface area contributed by atoms with Crippen LogP contribution in [0.1, 0.15) is 38.8 Å². The van der Waals surface area contributed by atoms with Crippen LogP contribution in [-0.4, -0.2) is 40.4 Å². The van der Waals surface area contributed by atoms with Crippen molar-refractivity contribution in [1.82, 2.24) is 4.90 Å². The summed E-state index contributed by atoms with van der Waals surface area (Å²) in [6, 6.07) is 7.71. The fourth-order valence-electron chi connectivity index (χ4n) is 3.43. The van der Waals surface area contributed by atoms with Crippen molar-refractivity contribution < 1.29 is 33.5 Å². The molecule has 2 aliphatic heterocycles. The minimum absolute atomic E-state index is 0.0306. The molecule has 0 bridgehead atoms. The summed E-state index contributed by atoms with van der Waals surface area (Å²) >= 11 is 0. The molecular weight excluding hydrogens is 396 g/mol. The Balaban J connectivity index is 1.52. The molecule has 0 saturated carbocycles. The van der Waals surface area contributed by atoms with Gasteiger partial charge in [-0.3, -0.25) is 24.6 Å². The van der Waals surface area contributed by atoms with Crippen molar-refractivity contribution in [1.29, 1.82) is 0 Å². The lowest BCUT2D eigenvalue weighted by Crippen LogP contribution is -2.43. The van der Waals surface area contributed by atoms with Crippen LogP contribution in [0.15, 0.2) is 36.4 Å². The first-order valence-corrected chi connectivity index (χ1v) is 9.02. The molecule has 154 valence electrons. The van der Waals surface area contributed by atoms with E-state index in [4.69, 9.17) is 14.2 Å². The molecule has 0 radical (unpaired) electrons. The van der Waals surface area contributed by atoms with Gasteiger partial charge in [-0.2, -0.15) is 0 Å². The number of ether oxygens (including phenoxy) is 3. The topological polar surface area (TPSA) is 125 Å². The normalized spacial score (nSPS) is 15.8. The van der Waals surface area contributed by atoms with E-state index in [0.29, 0.717) is 16.9 Å². The Morgan fingerprint density at radius 2 is 1.90 bits per heavy atom. The number of carbonyl (C=O) groups is 3. The number of rotatable bonds is 5. The van der Waals surface area contributed by atoms with Gasteiger partial charge in [-0.05, 0) is 19.1 Å². The van der Waals surface area contributed by atoms with Crippen molar-refractivity contribution in [3.63, 3.8) is 0 Å². The highest BCUT2D eigenvalue weighted by molar-refractivity contribution is 6.22. The molecule has 2 heterocycles. The van der Waals surface area contributed by atoms with Gasteiger partial charge < -0.3 is 14.2 Å². The second kappa shape index (κ2) is 7.56. The number of carbonyl (C=O) groups excluding carboxylic acids is 3. The second-order valence-electron chi connectivity index (χ2n) is 6.77. The first-order chi connectivity index (χ1) is 14.4. The lowest BCUT2D eigenvalue weighted by molar-refractivity contribution is -0.385. The van der Waals surface area contributed by atoms with Gasteiger partial charge in [0.2, 0.25) is 0 Å². The van der Waals surface area contributed by atoms with E-state index in [2.05, 4.69) is 0 Å². The van der Waals surface area contributed by atoms with Gasteiger partial charge in [-0.25, -0.2) is 4.79 Å². The minimum atomic E-state index is -1.17. The van der Waals surface area contributed by atoms with Gasteiger partial charge in [0.1, 0.15) is 18.4 Å². The number of nitro benzene ring substituents is 1. The Morgan fingerprint density at radius 3 is 2.53 bits per heavy atom. The number of hydrogen-bond donors (Lipinski definition) is 0. The van der Waals surface area contributed by atoms with E-state index in [1.807, 2.05) is 0 Å². The van der Waals surface area contributed by atoms with E-state index in [1.54, 1.807) is 12.1 Å². The smallest absolute Gasteiger partial charge is 0.329 e. The summed E-state index contributed by atoms with van der Waals surface area (Å²) in [7, 11) is 0. The minimum Gasteiger partial charge on any atom is -0.467 e. The van der Waals surface area contributed by atoms with Gasteiger partial charge >= 0.3 is 5.97 Å². The molecule has 0 spiro atoms. The van der Waals surface area contributed by atoms with E-state index in [0.717, 1.165) is 4.90 Å². The highest BCUT2D eigenvalue weighted by Crippen LogP contribution is 2.33. The van der Waals surface area contributed by atoms with Gasteiger partial charge in [0.25, 0.3) is 17.5 Å². The fourth-order valence-corrected chi connectivity index (χ4v) is 3.43. The molecule has 2 aromatic rings. The molecule has 1 atom stereocenters. The maximum absolute atomic E-state index is 12.6. The van der Waals surface area contributed by atoms with Crippen molar-refractivity contribution >= 4 is 23.5 Å². The van der Waals surface area contributed by atoms with Crippen LogP contribution in [-0.2, 0) is 27.5 Å². The molecule has 0 N–H and O–H groups in total. The molecule has 1 unspecified atom stereocenters. The van der Waals surface area contributed by atoms with Crippen molar-refractivity contribution in [3.8, 4) is 5.75 Å². The Bertz CT molecular complexity index is 1050. The number of non-ortho nitro benzene ring substituents is 1.